The third-order valence-corrected chi connectivity index (χ3v) is 5.98. The molecule has 0 atom stereocenters. The minimum atomic E-state index is -4.59. The van der Waals surface area contributed by atoms with Crippen molar-refractivity contribution in [2.75, 3.05) is 19.0 Å². The van der Waals surface area contributed by atoms with Crippen LogP contribution in [0.25, 0.3) is 0 Å². The molecule has 0 aromatic carbocycles. The number of hydrogen-bond donors (Lipinski definition) is 0. The molecule has 0 aliphatic rings. The summed E-state index contributed by atoms with van der Waals surface area (Å²) in [5, 5.41) is 0. The number of thiophene rings is 1. The molecule has 9 heteroatoms. The first kappa shape index (κ1) is 16.7. The van der Waals surface area contributed by atoms with Crippen LogP contribution in [-0.2, 0) is 16.4 Å². The molecule has 0 saturated heterocycles. The number of aryl methyl sites for hydroxylation is 1. The molecule has 0 saturated carbocycles. The lowest BCUT2D eigenvalue weighted by molar-refractivity contribution is -0.135. The van der Waals surface area contributed by atoms with Gasteiger partial charge >= 0.3 is 6.18 Å². The number of alkyl halides is 4. The predicted octanol–water partition coefficient (Wildman–Crippen LogP) is 3.10. The summed E-state index contributed by atoms with van der Waals surface area (Å²) in [6.45, 7) is -0.0569. The van der Waals surface area contributed by atoms with Crippen LogP contribution < -0.4 is 0 Å². The van der Waals surface area contributed by atoms with E-state index in [-0.39, 0.29) is 16.6 Å². The third-order valence-electron chi connectivity index (χ3n) is 2.27. The molecule has 0 aliphatic carbocycles. The maximum atomic E-state index is 12.4. The first-order chi connectivity index (χ1) is 8.70. The number of halogens is 4. The number of rotatable bonds is 6. The first-order valence-corrected chi connectivity index (χ1v) is 8.21. The SMILES string of the molecule is CCc1ccc(S(=O)(=O)N(CCCl)CC(F)(F)F)s1. The van der Waals surface area contributed by atoms with Crippen molar-refractivity contribution < 1.29 is 21.6 Å². The lowest BCUT2D eigenvalue weighted by Crippen LogP contribution is -2.39. The summed E-state index contributed by atoms with van der Waals surface area (Å²) in [6, 6.07) is 2.93. The normalized spacial score (nSPS) is 13.2. The van der Waals surface area contributed by atoms with E-state index in [1.807, 2.05) is 6.92 Å². The van der Waals surface area contributed by atoms with Crippen LogP contribution in [0.1, 0.15) is 11.8 Å². The van der Waals surface area contributed by atoms with Crippen molar-refractivity contribution in [3.63, 3.8) is 0 Å². The van der Waals surface area contributed by atoms with E-state index < -0.39 is 22.7 Å². The van der Waals surface area contributed by atoms with Crippen molar-refractivity contribution >= 4 is 33.0 Å². The quantitative estimate of drug-likeness (QED) is 0.749. The number of nitrogens with zero attached hydrogens (tertiary/aromatic N) is 1. The minimum Gasteiger partial charge on any atom is -0.206 e. The fourth-order valence-electron chi connectivity index (χ4n) is 1.39. The van der Waals surface area contributed by atoms with E-state index in [0.29, 0.717) is 10.7 Å². The highest BCUT2D eigenvalue weighted by atomic mass is 35.5. The van der Waals surface area contributed by atoms with Crippen LogP contribution in [0.2, 0.25) is 0 Å². The standard InChI is InChI=1S/C10H13ClF3NO2S2/c1-2-8-3-4-9(18-8)19(16,17)15(6-5-11)7-10(12,13)14/h3-4H,2,5-7H2,1H3. The van der Waals surface area contributed by atoms with E-state index in [1.165, 1.54) is 6.07 Å². The lowest BCUT2D eigenvalue weighted by Gasteiger charge is -2.21. The zero-order chi connectivity index (χ0) is 14.7. The second kappa shape index (κ2) is 6.43. The average Bonchev–Trinajstić information content (AvgIpc) is 2.75. The maximum Gasteiger partial charge on any atom is 0.402 e. The molecule has 1 rings (SSSR count). The second-order valence-corrected chi connectivity index (χ2v) is 7.43. The Morgan fingerprint density at radius 1 is 1.37 bits per heavy atom. The van der Waals surface area contributed by atoms with Gasteiger partial charge in [-0.05, 0) is 18.6 Å². The van der Waals surface area contributed by atoms with Crippen molar-refractivity contribution in [1.29, 1.82) is 0 Å². The third kappa shape index (κ3) is 4.62. The van der Waals surface area contributed by atoms with Crippen LogP contribution in [0, 0.1) is 0 Å². The molecule has 0 fully saturated rings. The summed E-state index contributed by atoms with van der Waals surface area (Å²) in [7, 11) is -4.14. The molecule has 110 valence electrons. The van der Waals surface area contributed by atoms with Gasteiger partial charge in [-0.15, -0.1) is 22.9 Å². The van der Waals surface area contributed by atoms with E-state index in [9.17, 15) is 21.6 Å². The van der Waals surface area contributed by atoms with Gasteiger partial charge in [0.2, 0.25) is 0 Å². The molecule has 0 unspecified atom stereocenters. The summed E-state index contributed by atoms with van der Waals surface area (Å²) in [6.07, 6.45) is -3.96. The van der Waals surface area contributed by atoms with Crippen molar-refractivity contribution in [2.24, 2.45) is 0 Å². The largest absolute Gasteiger partial charge is 0.402 e. The van der Waals surface area contributed by atoms with Crippen molar-refractivity contribution in [2.45, 2.75) is 23.7 Å². The number of sulfonamides is 1. The highest BCUT2D eigenvalue weighted by molar-refractivity contribution is 7.91. The summed E-state index contributed by atoms with van der Waals surface area (Å²) in [4.78, 5) is 0.802. The topological polar surface area (TPSA) is 37.4 Å². The molecule has 1 heterocycles. The van der Waals surface area contributed by atoms with Crippen molar-refractivity contribution in [3.8, 4) is 0 Å². The van der Waals surface area contributed by atoms with Gasteiger partial charge < -0.3 is 0 Å². The van der Waals surface area contributed by atoms with Crippen LogP contribution in [0.4, 0.5) is 13.2 Å². The Bertz CT molecular complexity index is 513. The Morgan fingerprint density at radius 2 is 2.00 bits per heavy atom. The van der Waals surface area contributed by atoms with E-state index in [2.05, 4.69) is 0 Å². The van der Waals surface area contributed by atoms with Gasteiger partial charge in [0, 0.05) is 17.3 Å². The smallest absolute Gasteiger partial charge is 0.206 e. The van der Waals surface area contributed by atoms with Crippen molar-refractivity contribution in [1.82, 2.24) is 4.31 Å². The van der Waals surface area contributed by atoms with E-state index in [1.54, 1.807) is 6.07 Å². The van der Waals surface area contributed by atoms with Gasteiger partial charge in [-0.2, -0.15) is 17.5 Å². The fraction of sp³-hybridized carbons (Fsp3) is 0.600. The molecule has 1 aromatic rings. The maximum absolute atomic E-state index is 12.4. The van der Waals surface area contributed by atoms with Crippen LogP contribution in [0.15, 0.2) is 16.3 Å². The molecule has 1 aromatic heterocycles. The molecule has 0 amide bonds. The van der Waals surface area contributed by atoms with Gasteiger partial charge in [0.15, 0.2) is 0 Å². The molecule has 0 radical (unpaired) electrons. The highest BCUT2D eigenvalue weighted by Gasteiger charge is 2.37. The lowest BCUT2D eigenvalue weighted by atomic mass is 10.4. The zero-order valence-electron chi connectivity index (χ0n) is 10.1. The first-order valence-electron chi connectivity index (χ1n) is 5.42. The van der Waals surface area contributed by atoms with E-state index in [0.717, 1.165) is 16.2 Å². The molecule has 0 N–H and O–H groups in total. The Kier molecular flexibility index (Phi) is 5.66. The monoisotopic (exact) mass is 335 g/mol. The summed E-state index contributed by atoms with van der Waals surface area (Å²) in [5.41, 5.74) is 0. The second-order valence-electron chi connectivity index (χ2n) is 3.72. The summed E-state index contributed by atoms with van der Waals surface area (Å²) < 4.78 is 61.7. The highest BCUT2D eigenvalue weighted by Crippen LogP contribution is 2.27. The molecule has 0 aliphatic heterocycles. The van der Waals surface area contributed by atoms with Crippen LogP contribution >= 0.6 is 22.9 Å². The molecular formula is C10H13ClF3NO2S2. The van der Waals surface area contributed by atoms with E-state index >= 15 is 0 Å². The molecule has 3 nitrogen and oxygen atoms in total. The van der Waals surface area contributed by atoms with E-state index in [4.69, 9.17) is 11.6 Å². The summed E-state index contributed by atoms with van der Waals surface area (Å²) >= 11 is 6.36. The Hall–Kier alpha value is -0.310. The van der Waals surface area contributed by atoms with Crippen LogP contribution in [-0.4, -0.2) is 37.9 Å². The zero-order valence-corrected chi connectivity index (χ0v) is 12.5. The van der Waals surface area contributed by atoms with Gasteiger partial charge in [-0.3, -0.25) is 0 Å². The minimum absolute atomic E-state index is 0.0845. The molecule has 19 heavy (non-hydrogen) atoms. The fourth-order valence-corrected chi connectivity index (χ4v) is 4.57. The van der Waals surface area contributed by atoms with Gasteiger partial charge in [0.1, 0.15) is 10.8 Å². The van der Waals surface area contributed by atoms with Gasteiger partial charge in [0.25, 0.3) is 10.0 Å². The van der Waals surface area contributed by atoms with Crippen LogP contribution in [0.5, 0.6) is 0 Å². The van der Waals surface area contributed by atoms with Crippen LogP contribution in [0.3, 0.4) is 0 Å². The average molecular weight is 336 g/mol. The Balaban J connectivity index is 3.05. The number of hydrogen-bond acceptors (Lipinski definition) is 3. The molecule has 0 spiro atoms. The molecular weight excluding hydrogens is 323 g/mol. The van der Waals surface area contributed by atoms with Gasteiger partial charge in [-0.25, -0.2) is 8.42 Å². The summed E-state index contributed by atoms with van der Waals surface area (Å²) in [5.74, 6) is -0.193. The Morgan fingerprint density at radius 3 is 2.42 bits per heavy atom. The Labute approximate surface area is 119 Å². The predicted molar refractivity (Wildman–Crippen MR) is 69.2 cm³/mol. The van der Waals surface area contributed by atoms with Gasteiger partial charge in [0.05, 0.1) is 0 Å². The molecule has 0 bridgehead atoms. The van der Waals surface area contributed by atoms with Gasteiger partial charge in [-0.1, -0.05) is 6.92 Å². The van der Waals surface area contributed by atoms with Crippen molar-refractivity contribution in [3.05, 3.63) is 17.0 Å².